The van der Waals surface area contributed by atoms with Crippen LogP contribution in [-0.4, -0.2) is 39.6 Å². The fourth-order valence-corrected chi connectivity index (χ4v) is 4.17. The predicted octanol–water partition coefficient (Wildman–Crippen LogP) is 1.02. The fourth-order valence-electron chi connectivity index (χ4n) is 3.02. The summed E-state index contributed by atoms with van der Waals surface area (Å²) in [5.74, 6) is 1.98. The third-order valence-corrected chi connectivity index (χ3v) is 5.06. The average Bonchev–Trinajstić information content (AvgIpc) is 2.72. The Balaban J connectivity index is 1.67. The molecule has 0 bridgehead atoms. The quantitative estimate of drug-likeness (QED) is 0.784. The first-order valence-electron chi connectivity index (χ1n) is 5.78. The minimum absolute atomic E-state index is 0.0876. The third kappa shape index (κ3) is 1.61. The van der Waals surface area contributed by atoms with Crippen LogP contribution in [0.15, 0.2) is 0 Å². The number of hydrogen-bond acceptors (Lipinski definition) is 3. The zero-order chi connectivity index (χ0) is 11.3. The van der Waals surface area contributed by atoms with Crippen molar-refractivity contribution in [3.8, 4) is 0 Å². The number of carbonyl (C=O) groups is 2. The highest BCUT2D eigenvalue weighted by Crippen LogP contribution is 2.54. The summed E-state index contributed by atoms with van der Waals surface area (Å²) in [6.45, 7) is 0. The van der Waals surface area contributed by atoms with E-state index in [2.05, 4.69) is 0 Å². The first-order chi connectivity index (χ1) is 7.66. The molecule has 1 saturated heterocycles. The number of fused-ring (bicyclic) bond motifs is 1. The van der Waals surface area contributed by atoms with Crippen LogP contribution < -0.4 is 0 Å². The van der Waals surface area contributed by atoms with Crippen molar-refractivity contribution in [1.29, 1.82) is 0 Å². The van der Waals surface area contributed by atoms with Gasteiger partial charge < -0.3 is 10.0 Å². The molecule has 3 fully saturated rings. The van der Waals surface area contributed by atoms with Gasteiger partial charge in [-0.25, -0.2) is 4.79 Å². The van der Waals surface area contributed by atoms with Crippen molar-refractivity contribution in [2.75, 3.05) is 11.6 Å². The van der Waals surface area contributed by atoms with Crippen molar-refractivity contribution in [2.45, 2.75) is 25.3 Å². The van der Waals surface area contributed by atoms with Gasteiger partial charge in [-0.15, -0.1) is 11.8 Å². The first-order valence-corrected chi connectivity index (χ1v) is 6.93. The Hall–Kier alpha value is -0.710. The van der Waals surface area contributed by atoms with Gasteiger partial charge in [-0.2, -0.15) is 0 Å². The second kappa shape index (κ2) is 3.65. The molecule has 4 nitrogen and oxygen atoms in total. The molecule has 0 aromatic heterocycles. The molecule has 2 saturated carbocycles. The Bertz CT molecular complexity index is 336. The summed E-state index contributed by atoms with van der Waals surface area (Å²) in [5.41, 5.74) is 0. The average molecular weight is 241 g/mol. The van der Waals surface area contributed by atoms with E-state index in [0.29, 0.717) is 11.6 Å². The van der Waals surface area contributed by atoms with Crippen LogP contribution in [-0.2, 0) is 9.59 Å². The molecule has 0 radical (unpaired) electrons. The molecule has 0 spiro atoms. The Morgan fingerprint density at radius 3 is 2.50 bits per heavy atom. The first kappa shape index (κ1) is 10.4. The summed E-state index contributed by atoms with van der Waals surface area (Å²) in [5, 5.41) is 9.03. The van der Waals surface area contributed by atoms with Gasteiger partial charge in [0.25, 0.3) is 0 Å². The van der Waals surface area contributed by atoms with Crippen LogP contribution in [0.2, 0.25) is 0 Å². The van der Waals surface area contributed by atoms with Crippen molar-refractivity contribution < 1.29 is 14.7 Å². The van der Waals surface area contributed by atoms with Gasteiger partial charge in [0.2, 0.25) is 5.91 Å². The van der Waals surface area contributed by atoms with E-state index in [1.165, 1.54) is 6.42 Å². The maximum atomic E-state index is 12.2. The number of carbonyl (C=O) groups excluding carboxylic acids is 1. The molecule has 3 atom stereocenters. The van der Waals surface area contributed by atoms with Gasteiger partial charge >= 0.3 is 5.97 Å². The molecule has 2 aliphatic carbocycles. The highest BCUT2D eigenvalue weighted by molar-refractivity contribution is 7.99. The van der Waals surface area contributed by atoms with Crippen LogP contribution in [0.3, 0.4) is 0 Å². The van der Waals surface area contributed by atoms with E-state index in [-0.39, 0.29) is 11.8 Å². The second-order valence-electron chi connectivity index (χ2n) is 5.09. The number of carboxylic acids is 1. The number of thioether (sulfide) groups is 1. The molecule has 88 valence electrons. The molecule has 1 N–H and O–H groups in total. The predicted molar refractivity (Wildman–Crippen MR) is 59.9 cm³/mol. The standard InChI is InChI=1S/C11H15NO3S/c13-10(8-2-6-1-7(6)3-8)12-5-16-4-9(12)11(14)15/h6-9H,1-5H2,(H,14,15)/t6?,7?,8?,9-/m0/s1. The number of carboxylic acid groups (broad SMARTS) is 1. The van der Waals surface area contributed by atoms with E-state index in [1.54, 1.807) is 16.7 Å². The summed E-state index contributed by atoms with van der Waals surface area (Å²) < 4.78 is 0. The molecule has 5 heteroatoms. The largest absolute Gasteiger partial charge is 0.480 e. The molecule has 3 rings (SSSR count). The molecule has 1 amide bonds. The van der Waals surface area contributed by atoms with Crippen LogP contribution in [0, 0.1) is 17.8 Å². The van der Waals surface area contributed by atoms with Crippen molar-refractivity contribution >= 4 is 23.6 Å². The van der Waals surface area contributed by atoms with E-state index >= 15 is 0 Å². The molecule has 0 aromatic carbocycles. The van der Waals surface area contributed by atoms with E-state index < -0.39 is 12.0 Å². The maximum Gasteiger partial charge on any atom is 0.327 e. The van der Waals surface area contributed by atoms with Gasteiger partial charge in [-0.3, -0.25) is 4.79 Å². The zero-order valence-electron chi connectivity index (χ0n) is 8.96. The van der Waals surface area contributed by atoms with E-state index in [0.717, 1.165) is 24.7 Å². The number of rotatable bonds is 2. The molecule has 1 aliphatic heterocycles. The van der Waals surface area contributed by atoms with Crippen LogP contribution in [0.5, 0.6) is 0 Å². The van der Waals surface area contributed by atoms with Gasteiger partial charge in [-0.1, -0.05) is 0 Å². The summed E-state index contributed by atoms with van der Waals surface area (Å²) in [6, 6.07) is -0.588. The molecular formula is C11H15NO3S. The lowest BCUT2D eigenvalue weighted by atomic mass is 10.0. The molecular weight excluding hydrogens is 226 g/mol. The van der Waals surface area contributed by atoms with E-state index in [9.17, 15) is 9.59 Å². The van der Waals surface area contributed by atoms with Crippen molar-refractivity contribution in [1.82, 2.24) is 4.90 Å². The maximum absolute atomic E-state index is 12.2. The smallest absolute Gasteiger partial charge is 0.327 e. The van der Waals surface area contributed by atoms with Crippen LogP contribution in [0.25, 0.3) is 0 Å². The lowest BCUT2D eigenvalue weighted by Crippen LogP contribution is -2.44. The lowest BCUT2D eigenvalue weighted by Gasteiger charge is -2.24. The number of amides is 1. The zero-order valence-corrected chi connectivity index (χ0v) is 9.78. The number of nitrogens with zero attached hydrogens (tertiary/aromatic N) is 1. The van der Waals surface area contributed by atoms with Crippen molar-refractivity contribution in [3.05, 3.63) is 0 Å². The van der Waals surface area contributed by atoms with Crippen LogP contribution in [0.4, 0.5) is 0 Å². The van der Waals surface area contributed by atoms with Crippen LogP contribution >= 0.6 is 11.8 Å². The van der Waals surface area contributed by atoms with Gasteiger partial charge in [0.1, 0.15) is 6.04 Å². The Morgan fingerprint density at radius 1 is 1.19 bits per heavy atom. The van der Waals surface area contributed by atoms with Gasteiger partial charge in [0.15, 0.2) is 0 Å². The second-order valence-corrected chi connectivity index (χ2v) is 6.09. The molecule has 0 aromatic rings. The normalized spacial score (nSPS) is 40.9. The molecule has 1 heterocycles. The topological polar surface area (TPSA) is 57.6 Å². The van der Waals surface area contributed by atoms with Gasteiger partial charge in [-0.05, 0) is 31.1 Å². The highest BCUT2D eigenvalue weighted by atomic mass is 32.2. The Kier molecular flexibility index (Phi) is 2.38. The van der Waals surface area contributed by atoms with Gasteiger partial charge in [0, 0.05) is 11.7 Å². The summed E-state index contributed by atoms with van der Waals surface area (Å²) in [7, 11) is 0. The van der Waals surface area contributed by atoms with E-state index in [1.807, 2.05) is 0 Å². The van der Waals surface area contributed by atoms with E-state index in [4.69, 9.17) is 5.11 Å². The number of hydrogen-bond donors (Lipinski definition) is 1. The minimum Gasteiger partial charge on any atom is -0.480 e. The number of aliphatic carboxylic acids is 1. The minimum atomic E-state index is -0.860. The van der Waals surface area contributed by atoms with Crippen LogP contribution in [0.1, 0.15) is 19.3 Å². The Labute approximate surface area is 98.4 Å². The lowest BCUT2D eigenvalue weighted by molar-refractivity contribution is -0.149. The third-order valence-electron chi connectivity index (χ3n) is 4.04. The monoisotopic (exact) mass is 241 g/mol. The van der Waals surface area contributed by atoms with Crippen molar-refractivity contribution in [3.63, 3.8) is 0 Å². The molecule has 3 aliphatic rings. The van der Waals surface area contributed by atoms with Gasteiger partial charge in [0.05, 0.1) is 5.88 Å². The summed E-state index contributed by atoms with van der Waals surface area (Å²) in [4.78, 5) is 24.7. The van der Waals surface area contributed by atoms with Crippen molar-refractivity contribution in [2.24, 2.45) is 17.8 Å². The molecule has 2 unspecified atom stereocenters. The summed E-state index contributed by atoms with van der Waals surface area (Å²) in [6.07, 6.45) is 3.29. The molecule has 16 heavy (non-hydrogen) atoms. The summed E-state index contributed by atoms with van der Waals surface area (Å²) >= 11 is 1.54. The highest BCUT2D eigenvalue weighted by Gasteiger charge is 2.50. The Morgan fingerprint density at radius 2 is 1.88 bits per heavy atom. The fraction of sp³-hybridized carbons (Fsp3) is 0.818. The SMILES string of the molecule is O=C(O)[C@@H]1CSCN1C(=O)C1CC2CC2C1.